The Hall–Kier alpha value is -2.66. The van der Waals surface area contributed by atoms with E-state index >= 15 is 0 Å². The fourth-order valence-electron chi connectivity index (χ4n) is 6.70. The van der Waals surface area contributed by atoms with E-state index in [-0.39, 0.29) is 17.7 Å². The molecule has 3 unspecified atom stereocenters. The summed E-state index contributed by atoms with van der Waals surface area (Å²) in [6, 6.07) is 3.85. The fraction of sp³-hybridized carbons (Fsp3) is 0.654. The maximum absolute atomic E-state index is 13.8. The zero-order valence-corrected chi connectivity index (χ0v) is 21.2. The summed E-state index contributed by atoms with van der Waals surface area (Å²) < 4.78 is 38.8. The van der Waals surface area contributed by atoms with Gasteiger partial charge in [0.25, 0.3) is 0 Å². The molecule has 5 rings (SSSR count). The number of carbonyl (C=O) groups is 3. The summed E-state index contributed by atoms with van der Waals surface area (Å²) in [4.78, 5) is 42.9. The molecule has 3 aliphatic heterocycles. The van der Waals surface area contributed by atoms with Crippen LogP contribution in [-0.2, 0) is 19.8 Å². The van der Waals surface area contributed by atoms with Gasteiger partial charge in [-0.3, -0.25) is 25.2 Å². The number of likely N-dealkylation sites (tertiary alicyclic amines) is 1. The average molecular weight is 522 g/mol. The maximum Gasteiger partial charge on any atom is 0.408 e. The zero-order valence-electron chi connectivity index (χ0n) is 21.2. The van der Waals surface area contributed by atoms with Crippen molar-refractivity contribution in [1.82, 2.24) is 21.1 Å². The Labute approximate surface area is 214 Å². The summed E-state index contributed by atoms with van der Waals surface area (Å²) in [5, 5.41) is 1.96. The van der Waals surface area contributed by atoms with Crippen molar-refractivity contribution in [1.29, 1.82) is 0 Å². The molecule has 4 aliphatic rings. The Morgan fingerprint density at radius 2 is 1.95 bits per heavy atom. The topological polar surface area (TPSA) is 93.8 Å². The first kappa shape index (κ1) is 26.0. The van der Waals surface area contributed by atoms with Gasteiger partial charge in [0.1, 0.15) is 12.6 Å². The lowest BCUT2D eigenvalue weighted by Gasteiger charge is -2.41. The third-order valence-electron chi connectivity index (χ3n) is 8.76. The number of nitrogens with zero attached hydrogens (tertiary/aromatic N) is 2. The van der Waals surface area contributed by atoms with Gasteiger partial charge in [0.2, 0.25) is 17.7 Å². The van der Waals surface area contributed by atoms with Crippen molar-refractivity contribution in [3.63, 3.8) is 0 Å². The van der Waals surface area contributed by atoms with Crippen molar-refractivity contribution in [3.05, 3.63) is 29.3 Å². The van der Waals surface area contributed by atoms with Gasteiger partial charge >= 0.3 is 6.18 Å². The molecule has 3 fully saturated rings. The Morgan fingerprint density at radius 1 is 1.22 bits per heavy atom. The number of nitrogens with one attached hydrogen (secondary N) is 3. The molecule has 1 aliphatic carbocycles. The molecule has 1 aromatic carbocycles. The van der Waals surface area contributed by atoms with Crippen LogP contribution < -0.4 is 21.1 Å². The lowest BCUT2D eigenvalue weighted by molar-refractivity contribution is -0.157. The van der Waals surface area contributed by atoms with E-state index in [0.29, 0.717) is 43.6 Å². The van der Waals surface area contributed by atoms with Crippen LogP contribution in [0.25, 0.3) is 0 Å². The number of carbonyl (C=O) groups excluding carboxylic acids is 3. The van der Waals surface area contributed by atoms with Gasteiger partial charge in [-0.25, -0.2) is 0 Å². The van der Waals surface area contributed by atoms with Gasteiger partial charge in [-0.1, -0.05) is 12.1 Å². The molecule has 4 atom stereocenters. The predicted molar refractivity (Wildman–Crippen MR) is 130 cm³/mol. The third-order valence-corrected chi connectivity index (χ3v) is 8.76. The average Bonchev–Trinajstić information content (AvgIpc) is 3.41. The molecule has 1 spiro atoms. The molecule has 37 heavy (non-hydrogen) atoms. The minimum Gasteiger partial charge on any atom is -0.343 e. The highest BCUT2D eigenvalue weighted by molar-refractivity contribution is 6.11. The van der Waals surface area contributed by atoms with Crippen molar-refractivity contribution in [2.45, 2.75) is 69.6 Å². The maximum atomic E-state index is 13.8. The van der Waals surface area contributed by atoms with Gasteiger partial charge in [0, 0.05) is 37.3 Å². The molecule has 0 bridgehead atoms. The molecule has 11 heteroatoms. The lowest BCUT2D eigenvalue weighted by atomic mass is 9.71. The largest absolute Gasteiger partial charge is 0.408 e. The van der Waals surface area contributed by atoms with E-state index in [0.717, 1.165) is 43.9 Å². The summed E-state index contributed by atoms with van der Waals surface area (Å²) in [5.41, 5.74) is 7.88. The Balaban J connectivity index is 1.30. The van der Waals surface area contributed by atoms with Crippen molar-refractivity contribution < 1.29 is 27.6 Å². The second kappa shape index (κ2) is 9.58. The van der Waals surface area contributed by atoms with E-state index in [1.54, 1.807) is 12.1 Å². The molecule has 202 valence electrons. The minimum absolute atomic E-state index is 0.0129. The van der Waals surface area contributed by atoms with Gasteiger partial charge in [-0.05, 0) is 69.1 Å². The Morgan fingerprint density at radius 3 is 2.65 bits per heavy atom. The molecule has 0 aromatic heterocycles. The molecule has 8 nitrogen and oxygen atoms in total. The number of alkyl halides is 3. The number of piperidine rings is 1. The number of hydrogen-bond donors (Lipinski definition) is 3. The summed E-state index contributed by atoms with van der Waals surface area (Å²) in [6.07, 6.45) is -1.06. The number of hydrazine groups is 1. The van der Waals surface area contributed by atoms with Gasteiger partial charge in [0.05, 0.1) is 5.41 Å². The molecular formula is C26H34F3N5O3. The highest BCUT2D eigenvalue weighted by Crippen LogP contribution is 2.49. The lowest BCUT2D eigenvalue weighted by Crippen LogP contribution is -2.53. The first-order valence-electron chi connectivity index (χ1n) is 13.1. The van der Waals surface area contributed by atoms with Crippen molar-refractivity contribution in [2.24, 2.45) is 11.8 Å². The van der Waals surface area contributed by atoms with E-state index in [4.69, 9.17) is 0 Å². The number of anilines is 1. The van der Waals surface area contributed by atoms with Gasteiger partial charge in [-0.2, -0.15) is 13.2 Å². The molecule has 1 saturated carbocycles. The fourth-order valence-corrected chi connectivity index (χ4v) is 6.70. The predicted octanol–water partition coefficient (Wildman–Crippen LogP) is 2.16. The first-order valence-corrected chi connectivity index (χ1v) is 13.1. The molecular weight excluding hydrogens is 487 g/mol. The van der Waals surface area contributed by atoms with Gasteiger partial charge < -0.3 is 15.1 Å². The Bertz CT molecular complexity index is 1090. The Kier molecular flexibility index (Phi) is 6.72. The molecule has 3 heterocycles. The van der Waals surface area contributed by atoms with Crippen LogP contribution in [0.3, 0.4) is 0 Å². The van der Waals surface area contributed by atoms with Crippen molar-refractivity contribution in [2.75, 3.05) is 31.1 Å². The molecule has 2 saturated heterocycles. The van der Waals surface area contributed by atoms with E-state index < -0.39 is 30.1 Å². The third kappa shape index (κ3) is 4.60. The second-order valence-corrected chi connectivity index (χ2v) is 11.0. The second-order valence-electron chi connectivity index (χ2n) is 11.0. The highest BCUT2D eigenvalue weighted by atomic mass is 19.4. The van der Waals surface area contributed by atoms with E-state index in [1.165, 1.54) is 4.90 Å². The van der Waals surface area contributed by atoms with Crippen LogP contribution in [0.1, 0.15) is 50.2 Å². The van der Waals surface area contributed by atoms with E-state index in [1.807, 2.05) is 23.2 Å². The normalized spacial score (nSPS) is 27.7. The molecule has 0 radical (unpaired) electrons. The van der Waals surface area contributed by atoms with Crippen molar-refractivity contribution in [3.8, 4) is 0 Å². The minimum atomic E-state index is -4.57. The first-order chi connectivity index (χ1) is 17.5. The van der Waals surface area contributed by atoms with Crippen LogP contribution in [-0.4, -0.2) is 67.1 Å². The molecule has 3 N–H and O–H groups in total. The number of benzene rings is 1. The van der Waals surface area contributed by atoms with Crippen LogP contribution in [0.5, 0.6) is 0 Å². The number of fused-ring (bicyclic) bond motifs is 3. The van der Waals surface area contributed by atoms with Crippen LogP contribution in [0.15, 0.2) is 18.2 Å². The molecule has 3 amide bonds. The highest BCUT2D eigenvalue weighted by Gasteiger charge is 2.54. The van der Waals surface area contributed by atoms with Crippen LogP contribution in [0.4, 0.5) is 18.9 Å². The summed E-state index contributed by atoms with van der Waals surface area (Å²) in [5.74, 6) is -0.553. The van der Waals surface area contributed by atoms with E-state index in [9.17, 15) is 27.6 Å². The summed E-state index contributed by atoms with van der Waals surface area (Å²) in [6.45, 7) is 4.04. The zero-order chi connectivity index (χ0) is 26.5. The smallest absolute Gasteiger partial charge is 0.343 e. The number of rotatable bonds is 4. The summed E-state index contributed by atoms with van der Waals surface area (Å²) in [7, 11) is 0. The number of aryl methyl sites for hydroxylation is 1. The van der Waals surface area contributed by atoms with Gasteiger partial charge in [-0.15, -0.1) is 0 Å². The molecule has 1 aromatic rings. The monoisotopic (exact) mass is 521 g/mol. The number of halogens is 3. The van der Waals surface area contributed by atoms with Crippen LogP contribution in [0, 0.1) is 18.8 Å². The number of amides is 3. The van der Waals surface area contributed by atoms with Crippen LogP contribution in [0.2, 0.25) is 0 Å². The summed E-state index contributed by atoms with van der Waals surface area (Å²) >= 11 is 0. The van der Waals surface area contributed by atoms with Gasteiger partial charge in [0.15, 0.2) is 0 Å². The van der Waals surface area contributed by atoms with Crippen LogP contribution >= 0.6 is 0 Å². The number of hydrogen-bond acceptors (Lipinski definition) is 5. The van der Waals surface area contributed by atoms with E-state index in [2.05, 4.69) is 10.9 Å². The SMILES string of the molecule is Cc1cccc2c1C1(CCN(C(=O)C3CCC4NNCC4C3)CC1)C(=O)N2CC(=O)N[C@@H](C)C(F)(F)F. The quantitative estimate of drug-likeness (QED) is 0.565. The van der Waals surface area contributed by atoms with Crippen molar-refractivity contribution >= 4 is 23.4 Å². The standard InChI is InChI=1S/C26H34F3N5O3/c1-15-4-3-5-20-22(15)25(24(37)34(20)14-21(35)31-16(2)26(27,28)29)8-10-33(11-9-25)23(36)17-6-7-19-18(12-17)13-30-32-19/h3-5,16-19,30,32H,6-14H2,1-2H3,(H,31,35)/t16-,17?,18?,19?/m0/s1.